The third-order valence-electron chi connectivity index (χ3n) is 4.18. The molecule has 1 unspecified atom stereocenters. The van der Waals surface area contributed by atoms with E-state index in [1.807, 2.05) is 6.26 Å². The summed E-state index contributed by atoms with van der Waals surface area (Å²) in [6.45, 7) is 9.69. The number of hydrogen-bond acceptors (Lipinski definition) is 4. The summed E-state index contributed by atoms with van der Waals surface area (Å²) in [7, 11) is 4.36. The van der Waals surface area contributed by atoms with Crippen molar-refractivity contribution >= 4 is 0 Å². The SMILES string of the molecule is CC(C)CNCc1coc(CN2CCCC(N(C)C)C2)c1. The molecule has 1 aliphatic rings. The minimum Gasteiger partial charge on any atom is -0.468 e. The molecule has 1 fully saturated rings. The molecule has 0 saturated carbocycles. The molecule has 21 heavy (non-hydrogen) atoms. The standard InChI is InChI=1S/C17H31N3O/c1-14(2)9-18-10-15-8-17(21-13-15)12-20-7-5-6-16(11-20)19(3)4/h8,13-14,16,18H,5-7,9-12H2,1-4H3. The maximum Gasteiger partial charge on any atom is 0.118 e. The fourth-order valence-electron chi connectivity index (χ4n) is 2.92. The van der Waals surface area contributed by atoms with E-state index in [0.717, 1.165) is 31.9 Å². The van der Waals surface area contributed by atoms with Gasteiger partial charge in [-0.25, -0.2) is 0 Å². The lowest BCUT2D eigenvalue weighted by atomic mass is 10.0. The van der Waals surface area contributed by atoms with E-state index in [2.05, 4.69) is 49.1 Å². The zero-order valence-corrected chi connectivity index (χ0v) is 14.1. The van der Waals surface area contributed by atoms with E-state index in [-0.39, 0.29) is 0 Å². The molecule has 0 aliphatic carbocycles. The van der Waals surface area contributed by atoms with Gasteiger partial charge in [0.15, 0.2) is 0 Å². The van der Waals surface area contributed by atoms with Gasteiger partial charge in [-0.1, -0.05) is 13.8 Å². The van der Waals surface area contributed by atoms with Gasteiger partial charge in [0.1, 0.15) is 5.76 Å². The summed E-state index contributed by atoms with van der Waals surface area (Å²) in [4.78, 5) is 4.86. The van der Waals surface area contributed by atoms with Crippen LogP contribution in [0, 0.1) is 5.92 Å². The highest BCUT2D eigenvalue weighted by atomic mass is 16.3. The lowest BCUT2D eigenvalue weighted by Gasteiger charge is -2.35. The largest absolute Gasteiger partial charge is 0.468 e. The quantitative estimate of drug-likeness (QED) is 0.837. The molecule has 1 N–H and O–H groups in total. The number of likely N-dealkylation sites (N-methyl/N-ethyl adjacent to an activating group) is 1. The van der Waals surface area contributed by atoms with Gasteiger partial charge in [0.2, 0.25) is 0 Å². The molecular weight excluding hydrogens is 262 g/mol. The average Bonchev–Trinajstić information content (AvgIpc) is 2.86. The second-order valence-corrected chi connectivity index (χ2v) is 6.94. The molecule has 0 radical (unpaired) electrons. The number of piperidine rings is 1. The Balaban J connectivity index is 1.79. The van der Waals surface area contributed by atoms with Crippen LogP contribution in [0.25, 0.3) is 0 Å². The molecule has 0 aromatic carbocycles. The Morgan fingerprint density at radius 2 is 2.24 bits per heavy atom. The van der Waals surface area contributed by atoms with Gasteiger partial charge in [-0.05, 0) is 52.0 Å². The second kappa shape index (κ2) is 7.97. The van der Waals surface area contributed by atoms with Crippen LogP contribution in [0.5, 0.6) is 0 Å². The van der Waals surface area contributed by atoms with Crippen LogP contribution < -0.4 is 5.32 Å². The monoisotopic (exact) mass is 293 g/mol. The highest BCUT2D eigenvalue weighted by molar-refractivity contribution is 5.12. The molecule has 120 valence electrons. The molecule has 2 heterocycles. The van der Waals surface area contributed by atoms with E-state index in [4.69, 9.17) is 4.42 Å². The number of nitrogens with one attached hydrogen (secondary N) is 1. The van der Waals surface area contributed by atoms with E-state index < -0.39 is 0 Å². The lowest BCUT2D eigenvalue weighted by Crippen LogP contribution is -2.44. The first-order valence-corrected chi connectivity index (χ1v) is 8.20. The molecular formula is C17H31N3O. The Morgan fingerprint density at radius 3 is 2.95 bits per heavy atom. The van der Waals surface area contributed by atoms with Crippen molar-refractivity contribution in [2.24, 2.45) is 5.92 Å². The maximum absolute atomic E-state index is 5.73. The Labute approximate surface area is 129 Å². The summed E-state index contributed by atoms with van der Waals surface area (Å²) in [5.74, 6) is 1.78. The molecule has 0 spiro atoms. The molecule has 1 aromatic rings. The van der Waals surface area contributed by atoms with Gasteiger partial charge in [0.05, 0.1) is 12.8 Å². The summed E-state index contributed by atoms with van der Waals surface area (Å²) in [6, 6.07) is 2.88. The summed E-state index contributed by atoms with van der Waals surface area (Å²) < 4.78 is 5.73. The van der Waals surface area contributed by atoms with Crippen LogP contribution in [0.15, 0.2) is 16.7 Å². The van der Waals surface area contributed by atoms with E-state index in [1.165, 1.54) is 24.9 Å². The maximum atomic E-state index is 5.73. The van der Waals surface area contributed by atoms with Gasteiger partial charge in [0.25, 0.3) is 0 Å². The zero-order chi connectivity index (χ0) is 15.2. The van der Waals surface area contributed by atoms with Crippen LogP contribution in [-0.2, 0) is 13.1 Å². The van der Waals surface area contributed by atoms with Gasteiger partial charge in [-0.2, -0.15) is 0 Å². The van der Waals surface area contributed by atoms with Crippen LogP contribution in [0.2, 0.25) is 0 Å². The van der Waals surface area contributed by atoms with Crippen molar-refractivity contribution in [2.75, 3.05) is 33.7 Å². The molecule has 1 aliphatic heterocycles. The van der Waals surface area contributed by atoms with Gasteiger partial charge >= 0.3 is 0 Å². The van der Waals surface area contributed by atoms with Crippen molar-refractivity contribution in [3.05, 3.63) is 23.7 Å². The van der Waals surface area contributed by atoms with E-state index in [9.17, 15) is 0 Å². The predicted octanol–water partition coefficient (Wildman–Crippen LogP) is 2.55. The van der Waals surface area contributed by atoms with Gasteiger partial charge < -0.3 is 14.6 Å². The molecule has 4 heteroatoms. The van der Waals surface area contributed by atoms with Crippen molar-refractivity contribution in [3.8, 4) is 0 Å². The Kier molecular flexibility index (Phi) is 6.27. The predicted molar refractivity (Wildman–Crippen MR) is 87.2 cm³/mol. The topological polar surface area (TPSA) is 31.7 Å². The van der Waals surface area contributed by atoms with Crippen LogP contribution in [0.3, 0.4) is 0 Å². The van der Waals surface area contributed by atoms with Crippen molar-refractivity contribution in [3.63, 3.8) is 0 Å². The number of furan rings is 1. The number of likely N-dealkylation sites (tertiary alicyclic amines) is 1. The van der Waals surface area contributed by atoms with Gasteiger partial charge in [0, 0.05) is 24.7 Å². The van der Waals surface area contributed by atoms with Gasteiger partial charge in [-0.15, -0.1) is 0 Å². The lowest BCUT2D eigenvalue weighted by molar-refractivity contribution is 0.121. The Bertz CT molecular complexity index is 414. The molecule has 0 bridgehead atoms. The summed E-state index contributed by atoms with van der Waals surface area (Å²) in [5.41, 5.74) is 1.26. The van der Waals surface area contributed by atoms with E-state index >= 15 is 0 Å². The first kappa shape index (κ1) is 16.5. The fourth-order valence-corrected chi connectivity index (χ4v) is 2.92. The smallest absolute Gasteiger partial charge is 0.118 e. The summed E-state index contributed by atoms with van der Waals surface area (Å²) >= 11 is 0. The molecule has 1 aromatic heterocycles. The Hall–Kier alpha value is -0.840. The summed E-state index contributed by atoms with van der Waals surface area (Å²) in [6.07, 6.45) is 4.49. The van der Waals surface area contributed by atoms with Gasteiger partial charge in [-0.3, -0.25) is 4.90 Å². The normalized spacial score (nSPS) is 20.6. The van der Waals surface area contributed by atoms with Crippen LogP contribution in [0.1, 0.15) is 38.0 Å². The van der Waals surface area contributed by atoms with Crippen molar-refractivity contribution in [1.29, 1.82) is 0 Å². The molecule has 4 nitrogen and oxygen atoms in total. The van der Waals surface area contributed by atoms with Crippen LogP contribution in [-0.4, -0.2) is 49.6 Å². The van der Waals surface area contributed by atoms with Crippen molar-refractivity contribution < 1.29 is 4.42 Å². The van der Waals surface area contributed by atoms with E-state index in [0.29, 0.717) is 12.0 Å². The number of hydrogen-bond donors (Lipinski definition) is 1. The van der Waals surface area contributed by atoms with Crippen LogP contribution in [0.4, 0.5) is 0 Å². The minimum atomic E-state index is 0.681. The van der Waals surface area contributed by atoms with Crippen molar-refractivity contribution in [1.82, 2.24) is 15.1 Å². The molecule has 0 amide bonds. The second-order valence-electron chi connectivity index (χ2n) is 6.94. The third-order valence-corrected chi connectivity index (χ3v) is 4.18. The summed E-state index contributed by atoms with van der Waals surface area (Å²) in [5, 5.41) is 3.46. The molecule has 1 saturated heterocycles. The minimum absolute atomic E-state index is 0.681. The first-order chi connectivity index (χ1) is 10.0. The Morgan fingerprint density at radius 1 is 1.43 bits per heavy atom. The fraction of sp³-hybridized carbons (Fsp3) is 0.765. The molecule has 1 atom stereocenters. The number of nitrogens with zero attached hydrogens (tertiary/aromatic N) is 2. The highest BCUT2D eigenvalue weighted by Gasteiger charge is 2.22. The van der Waals surface area contributed by atoms with Crippen LogP contribution >= 0.6 is 0 Å². The van der Waals surface area contributed by atoms with Crippen molar-refractivity contribution in [2.45, 2.75) is 45.8 Å². The first-order valence-electron chi connectivity index (χ1n) is 8.20. The molecule has 2 rings (SSSR count). The average molecular weight is 293 g/mol. The highest BCUT2D eigenvalue weighted by Crippen LogP contribution is 2.17. The zero-order valence-electron chi connectivity index (χ0n) is 14.1. The third kappa shape index (κ3) is 5.46. The van der Waals surface area contributed by atoms with E-state index in [1.54, 1.807) is 0 Å². The number of rotatable bonds is 7.